The molecule has 37 heavy (non-hydrogen) atoms. The Morgan fingerprint density at radius 2 is 2.03 bits per heavy atom. The zero-order valence-electron chi connectivity index (χ0n) is 19.7. The van der Waals surface area contributed by atoms with E-state index in [0.29, 0.717) is 50.3 Å². The molecule has 1 aliphatic heterocycles. The highest BCUT2D eigenvalue weighted by Gasteiger charge is 2.56. The van der Waals surface area contributed by atoms with E-state index in [9.17, 15) is 14.4 Å². The van der Waals surface area contributed by atoms with E-state index in [1.807, 2.05) is 0 Å². The van der Waals surface area contributed by atoms with E-state index in [1.165, 1.54) is 13.4 Å². The van der Waals surface area contributed by atoms with Crippen LogP contribution in [-0.2, 0) is 20.9 Å². The summed E-state index contributed by atoms with van der Waals surface area (Å²) in [7, 11) is 1.31. The Morgan fingerprint density at radius 1 is 1.19 bits per heavy atom. The summed E-state index contributed by atoms with van der Waals surface area (Å²) in [5.74, 6) is 0.0330. The summed E-state index contributed by atoms with van der Waals surface area (Å²) >= 11 is 3.31. The molecule has 1 saturated heterocycles. The van der Waals surface area contributed by atoms with Crippen LogP contribution in [0, 0.1) is 5.92 Å². The van der Waals surface area contributed by atoms with Crippen molar-refractivity contribution in [2.75, 3.05) is 18.2 Å². The molecule has 188 valence electrons. The van der Waals surface area contributed by atoms with Crippen molar-refractivity contribution < 1.29 is 19.1 Å². The summed E-state index contributed by atoms with van der Waals surface area (Å²) in [5.41, 5.74) is 7.68. The lowest BCUT2D eigenvalue weighted by molar-refractivity contribution is -0.138. The molecule has 2 fully saturated rings. The first kappa shape index (κ1) is 23.3. The number of nitrogen functional groups attached to an aromatic ring is 1. The molecule has 1 saturated carbocycles. The van der Waals surface area contributed by atoms with Crippen molar-refractivity contribution in [1.82, 2.24) is 24.4 Å². The van der Waals surface area contributed by atoms with Crippen LogP contribution in [-0.4, -0.2) is 61.4 Å². The molecule has 1 aromatic carbocycles. The van der Waals surface area contributed by atoms with Gasteiger partial charge in [0.2, 0.25) is 11.8 Å². The zero-order chi connectivity index (χ0) is 25.8. The number of aromatic nitrogens is 4. The number of hydrogen-bond donors (Lipinski definition) is 2. The molecule has 3 atom stereocenters. The highest BCUT2D eigenvalue weighted by molar-refractivity contribution is 9.10. The maximum absolute atomic E-state index is 13.7. The van der Waals surface area contributed by atoms with E-state index in [0.717, 1.165) is 6.42 Å². The van der Waals surface area contributed by atoms with E-state index in [2.05, 4.69) is 36.2 Å². The van der Waals surface area contributed by atoms with Gasteiger partial charge in [-0.1, -0.05) is 6.07 Å². The molecular weight excluding hydrogens is 542 g/mol. The molecule has 0 spiro atoms. The third-order valence-corrected chi connectivity index (χ3v) is 7.49. The van der Waals surface area contributed by atoms with Gasteiger partial charge in [-0.15, -0.1) is 0 Å². The molecule has 1 aliphatic carbocycles. The fourth-order valence-electron chi connectivity index (χ4n) is 5.30. The topological polar surface area (TPSA) is 145 Å². The highest BCUT2D eigenvalue weighted by atomic mass is 79.9. The van der Waals surface area contributed by atoms with Crippen molar-refractivity contribution in [2.24, 2.45) is 5.92 Å². The minimum absolute atomic E-state index is 0.0393. The van der Waals surface area contributed by atoms with E-state index in [4.69, 9.17) is 10.5 Å². The fourth-order valence-corrected chi connectivity index (χ4v) is 5.64. The molecule has 3 aromatic heterocycles. The predicted molar refractivity (Wildman–Crippen MR) is 138 cm³/mol. The summed E-state index contributed by atoms with van der Waals surface area (Å²) in [6.45, 7) is -0.0455. The lowest BCUT2D eigenvalue weighted by atomic mass is 10.1. The maximum atomic E-state index is 13.7. The summed E-state index contributed by atoms with van der Waals surface area (Å²) < 4.78 is 7.22. The van der Waals surface area contributed by atoms with Crippen LogP contribution in [0.4, 0.5) is 11.6 Å². The predicted octanol–water partition coefficient (Wildman–Crippen LogP) is 2.74. The van der Waals surface area contributed by atoms with Crippen LogP contribution < -0.4 is 11.1 Å². The number of ether oxygens (including phenoxy) is 1. The van der Waals surface area contributed by atoms with Crippen molar-refractivity contribution in [2.45, 2.75) is 31.5 Å². The number of likely N-dealkylation sites (tertiary alicyclic amines) is 1. The number of methoxy groups -OCH3 is 1. The van der Waals surface area contributed by atoms with Gasteiger partial charge in [-0.2, -0.15) is 0 Å². The number of carbonyl (C=O) groups excluding carboxylic acids is 3. The Hall–Kier alpha value is -4.06. The minimum atomic E-state index is -0.587. The first-order valence-corrected chi connectivity index (χ1v) is 12.5. The van der Waals surface area contributed by atoms with Crippen molar-refractivity contribution >= 4 is 67.3 Å². The minimum Gasteiger partial charge on any atom is -0.465 e. The van der Waals surface area contributed by atoms with Gasteiger partial charge in [-0.25, -0.2) is 19.7 Å². The number of anilines is 2. The number of nitrogens with one attached hydrogen (secondary N) is 1. The number of esters is 1. The molecule has 4 aromatic rings. The number of halogens is 1. The van der Waals surface area contributed by atoms with Gasteiger partial charge in [-0.05, 0) is 65.0 Å². The lowest BCUT2D eigenvalue weighted by Crippen LogP contribution is -2.46. The molecule has 0 bridgehead atoms. The number of fused-ring (bicyclic) bond motifs is 4. The number of carbonyl (C=O) groups is 3. The normalized spacial score (nSPS) is 20.2. The van der Waals surface area contributed by atoms with Crippen LogP contribution >= 0.6 is 15.9 Å². The van der Waals surface area contributed by atoms with Crippen LogP contribution in [0.3, 0.4) is 0 Å². The molecule has 2 aliphatic rings. The van der Waals surface area contributed by atoms with Gasteiger partial charge in [0.05, 0.1) is 23.6 Å². The largest absolute Gasteiger partial charge is 0.465 e. The number of benzene rings is 1. The molecule has 1 unspecified atom stereocenters. The number of piperidine rings is 1. The van der Waals surface area contributed by atoms with Crippen LogP contribution in [0.2, 0.25) is 0 Å². The molecule has 3 N–H and O–H groups in total. The van der Waals surface area contributed by atoms with E-state index < -0.39 is 12.0 Å². The summed E-state index contributed by atoms with van der Waals surface area (Å²) in [4.78, 5) is 53.5. The summed E-state index contributed by atoms with van der Waals surface area (Å²) in [6, 6.07) is 9.74. The van der Waals surface area contributed by atoms with Crippen LogP contribution in [0.15, 0.2) is 47.3 Å². The highest BCUT2D eigenvalue weighted by Crippen LogP contribution is 2.48. The Bertz CT molecular complexity index is 1600. The van der Waals surface area contributed by atoms with Crippen LogP contribution in [0.5, 0.6) is 0 Å². The van der Waals surface area contributed by atoms with Gasteiger partial charge in [-0.3, -0.25) is 9.59 Å². The van der Waals surface area contributed by atoms with Gasteiger partial charge in [0.15, 0.2) is 0 Å². The molecule has 0 radical (unpaired) electrons. The summed E-state index contributed by atoms with van der Waals surface area (Å²) in [6.07, 6.45) is 2.84. The van der Waals surface area contributed by atoms with E-state index in [1.54, 1.807) is 45.9 Å². The number of pyridine rings is 1. The molecule has 11 nitrogen and oxygen atoms in total. The number of rotatable bonds is 5. The van der Waals surface area contributed by atoms with Gasteiger partial charge in [0, 0.05) is 11.4 Å². The van der Waals surface area contributed by atoms with Crippen LogP contribution in [0.25, 0.3) is 21.9 Å². The van der Waals surface area contributed by atoms with Gasteiger partial charge >= 0.3 is 5.97 Å². The monoisotopic (exact) mass is 563 g/mol. The quantitative estimate of drug-likeness (QED) is 0.278. The van der Waals surface area contributed by atoms with Crippen molar-refractivity contribution in [3.8, 4) is 0 Å². The Balaban J connectivity index is 1.34. The first-order valence-electron chi connectivity index (χ1n) is 11.7. The summed E-state index contributed by atoms with van der Waals surface area (Å²) in [5, 5.41) is 4.03. The second kappa shape index (κ2) is 8.80. The number of nitrogens with two attached hydrogens (primary N) is 1. The van der Waals surface area contributed by atoms with Gasteiger partial charge in [0.25, 0.3) is 0 Å². The average molecular weight is 564 g/mol. The average Bonchev–Trinajstić information content (AvgIpc) is 3.43. The zero-order valence-corrected chi connectivity index (χ0v) is 21.3. The Kier molecular flexibility index (Phi) is 5.55. The molecule has 4 heterocycles. The lowest BCUT2D eigenvalue weighted by Gasteiger charge is -2.27. The van der Waals surface area contributed by atoms with Crippen molar-refractivity contribution in [1.29, 1.82) is 0 Å². The standard InChI is InChI=1S/C25H22BrN7O4/c1-37-25(36)12-5-6-15-14(7-12)21-22(27)28-11-29-23(21)32(15)10-20(34)33-16-8-13(16)9-17(33)24(35)31-19-4-2-3-18(26)30-19/h2-7,11,13,16-17H,8-10H2,1H3,(H2,27,28,29)(H,30,31,35)/t13-,16?,17+/m1/s1. The molecule has 2 amide bonds. The number of nitrogens with zero attached hydrogens (tertiary/aromatic N) is 5. The van der Waals surface area contributed by atoms with Gasteiger partial charge in [0.1, 0.15) is 40.8 Å². The van der Waals surface area contributed by atoms with Gasteiger partial charge < -0.3 is 25.3 Å². The van der Waals surface area contributed by atoms with Crippen molar-refractivity contribution in [3.63, 3.8) is 0 Å². The smallest absolute Gasteiger partial charge is 0.337 e. The second-order valence-electron chi connectivity index (χ2n) is 9.22. The second-order valence-corrected chi connectivity index (χ2v) is 10.0. The van der Waals surface area contributed by atoms with Crippen LogP contribution in [0.1, 0.15) is 23.2 Å². The van der Waals surface area contributed by atoms with E-state index >= 15 is 0 Å². The molecule has 6 rings (SSSR count). The first-order chi connectivity index (χ1) is 17.9. The third kappa shape index (κ3) is 3.97. The Labute approximate surface area is 219 Å². The number of hydrogen-bond acceptors (Lipinski definition) is 8. The SMILES string of the molecule is COC(=O)c1ccc2c(c1)c1c(N)ncnc1n2CC(=O)N1C2C[C@@H]2C[C@H]1C(=O)Nc1cccc(Br)n1. The third-order valence-electron chi connectivity index (χ3n) is 7.04. The Morgan fingerprint density at radius 3 is 2.81 bits per heavy atom. The molecular formula is C25H22BrN7O4. The number of amides is 2. The maximum Gasteiger partial charge on any atom is 0.337 e. The fraction of sp³-hybridized carbons (Fsp3) is 0.280. The van der Waals surface area contributed by atoms with E-state index in [-0.39, 0.29) is 30.2 Å². The van der Waals surface area contributed by atoms with Crippen molar-refractivity contribution in [3.05, 3.63) is 52.9 Å². The molecule has 12 heteroatoms.